The van der Waals surface area contributed by atoms with E-state index in [1.54, 1.807) is 12.1 Å². The van der Waals surface area contributed by atoms with Crippen LogP contribution in [0.25, 0.3) is 0 Å². The van der Waals surface area contributed by atoms with Crippen molar-refractivity contribution < 1.29 is 13.9 Å². The molecule has 0 aromatic heterocycles. The molecule has 0 aliphatic carbocycles. The lowest BCUT2D eigenvalue weighted by Gasteiger charge is -2.35. The topological polar surface area (TPSA) is 33.7 Å². The standard InChI is InChI=1S/C21H27FN2O2/c1-2-26-20-8-3-5-17(13-20)15-23-16-21(24-9-11-25-12-10-24)18-6-4-7-19(22)14-18/h3-8,13-14,21,23H,2,9-12,15-16H2,1H3. The summed E-state index contributed by atoms with van der Waals surface area (Å²) in [6.45, 7) is 7.32. The zero-order valence-corrected chi connectivity index (χ0v) is 15.3. The number of benzene rings is 2. The van der Waals surface area contributed by atoms with E-state index in [4.69, 9.17) is 9.47 Å². The first-order valence-corrected chi connectivity index (χ1v) is 9.26. The van der Waals surface area contributed by atoms with Crippen LogP contribution in [0.5, 0.6) is 5.75 Å². The van der Waals surface area contributed by atoms with E-state index < -0.39 is 0 Å². The highest BCUT2D eigenvalue weighted by atomic mass is 19.1. The van der Waals surface area contributed by atoms with Crippen molar-refractivity contribution in [3.05, 3.63) is 65.5 Å². The van der Waals surface area contributed by atoms with Crippen LogP contribution in [0.4, 0.5) is 4.39 Å². The summed E-state index contributed by atoms with van der Waals surface area (Å²) in [5.74, 6) is 0.701. The van der Waals surface area contributed by atoms with Gasteiger partial charge in [0.05, 0.1) is 19.8 Å². The third-order valence-corrected chi connectivity index (χ3v) is 4.60. The highest BCUT2D eigenvalue weighted by Gasteiger charge is 2.22. The Bertz CT molecular complexity index is 689. The van der Waals surface area contributed by atoms with Gasteiger partial charge < -0.3 is 14.8 Å². The van der Waals surface area contributed by atoms with Crippen molar-refractivity contribution in [1.82, 2.24) is 10.2 Å². The Kier molecular flexibility index (Phi) is 7.00. The number of ether oxygens (including phenoxy) is 2. The number of hydrogen-bond donors (Lipinski definition) is 1. The molecule has 0 radical (unpaired) electrons. The van der Waals surface area contributed by atoms with Gasteiger partial charge in [-0.1, -0.05) is 24.3 Å². The molecule has 0 saturated carbocycles. The molecular weight excluding hydrogens is 331 g/mol. The summed E-state index contributed by atoms with van der Waals surface area (Å²) in [5.41, 5.74) is 2.18. The number of morpholine rings is 1. The highest BCUT2D eigenvalue weighted by Crippen LogP contribution is 2.22. The second kappa shape index (κ2) is 9.67. The summed E-state index contributed by atoms with van der Waals surface area (Å²) in [6.07, 6.45) is 0. The van der Waals surface area contributed by atoms with Gasteiger partial charge in [0.1, 0.15) is 11.6 Å². The molecule has 26 heavy (non-hydrogen) atoms. The number of rotatable bonds is 8. The fourth-order valence-electron chi connectivity index (χ4n) is 3.33. The number of hydrogen-bond acceptors (Lipinski definition) is 4. The molecular formula is C21H27FN2O2. The largest absolute Gasteiger partial charge is 0.494 e. The molecule has 140 valence electrons. The molecule has 1 aliphatic heterocycles. The average Bonchev–Trinajstić information content (AvgIpc) is 2.66. The third kappa shape index (κ3) is 5.27. The quantitative estimate of drug-likeness (QED) is 0.784. The molecule has 1 atom stereocenters. The third-order valence-electron chi connectivity index (χ3n) is 4.60. The molecule has 2 aromatic carbocycles. The van der Waals surface area contributed by atoms with E-state index in [1.165, 1.54) is 11.6 Å². The predicted molar refractivity (Wildman–Crippen MR) is 101 cm³/mol. The van der Waals surface area contributed by atoms with Crippen molar-refractivity contribution in [2.45, 2.75) is 19.5 Å². The molecule has 0 spiro atoms. The second-order valence-corrected chi connectivity index (χ2v) is 6.43. The van der Waals surface area contributed by atoms with E-state index in [0.717, 1.165) is 50.7 Å². The minimum absolute atomic E-state index is 0.129. The lowest BCUT2D eigenvalue weighted by atomic mass is 10.0. The summed E-state index contributed by atoms with van der Waals surface area (Å²) in [7, 11) is 0. The molecule has 1 heterocycles. The van der Waals surface area contributed by atoms with Crippen LogP contribution < -0.4 is 10.1 Å². The fourth-order valence-corrected chi connectivity index (χ4v) is 3.33. The van der Waals surface area contributed by atoms with Crippen LogP contribution in [0.3, 0.4) is 0 Å². The van der Waals surface area contributed by atoms with Crippen LogP contribution in [0, 0.1) is 5.82 Å². The van der Waals surface area contributed by atoms with Crippen LogP contribution in [-0.2, 0) is 11.3 Å². The maximum atomic E-state index is 13.7. The lowest BCUT2D eigenvalue weighted by Crippen LogP contribution is -2.42. The Labute approximate surface area is 154 Å². The summed E-state index contributed by atoms with van der Waals surface area (Å²) in [6, 6.07) is 15.2. The van der Waals surface area contributed by atoms with E-state index in [0.29, 0.717) is 6.61 Å². The molecule has 0 amide bonds. The normalized spacial score (nSPS) is 16.4. The Hall–Kier alpha value is -1.95. The van der Waals surface area contributed by atoms with E-state index in [2.05, 4.69) is 22.3 Å². The number of nitrogens with zero attached hydrogens (tertiary/aromatic N) is 1. The minimum atomic E-state index is -0.190. The summed E-state index contributed by atoms with van der Waals surface area (Å²) in [5, 5.41) is 3.53. The molecule has 1 unspecified atom stereocenters. The van der Waals surface area contributed by atoms with Gasteiger partial charge in [-0.3, -0.25) is 4.90 Å². The maximum absolute atomic E-state index is 13.7. The SMILES string of the molecule is CCOc1cccc(CNCC(c2cccc(F)c2)N2CCOCC2)c1. The Balaban J connectivity index is 1.65. The molecule has 1 aliphatic rings. The molecule has 1 N–H and O–H groups in total. The first-order valence-electron chi connectivity index (χ1n) is 9.26. The van der Waals surface area contributed by atoms with Gasteiger partial charge in [-0.2, -0.15) is 0 Å². The monoisotopic (exact) mass is 358 g/mol. The summed E-state index contributed by atoms with van der Waals surface area (Å²) >= 11 is 0. The molecule has 5 heteroatoms. The Morgan fingerprint density at radius 2 is 1.96 bits per heavy atom. The van der Waals surface area contributed by atoms with Crippen molar-refractivity contribution in [2.24, 2.45) is 0 Å². The van der Waals surface area contributed by atoms with Gasteiger partial charge in [-0.15, -0.1) is 0 Å². The summed E-state index contributed by atoms with van der Waals surface area (Å²) in [4.78, 5) is 2.36. The summed E-state index contributed by atoms with van der Waals surface area (Å²) < 4.78 is 24.8. The maximum Gasteiger partial charge on any atom is 0.123 e. The molecule has 4 nitrogen and oxygen atoms in total. The zero-order chi connectivity index (χ0) is 18.2. The van der Waals surface area contributed by atoms with Gasteiger partial charge in [0, 0.05) is 32.2 Å². The van der Waals surface area contributed by atoms with Crippen LogP contribution >= 0.6 is 0 Å². The Morgan fingerprint density at radius 1 is 1.15 bits per heavy atom. The van der Waals surface area contributed by atoms with Crippen LogP contribution in [0.15, 0.2) is 48.5 Å². The average molecular weight is 358 g/mol. The van der Waals surface area contributed by atoms with Crippen LogP contribution in [0.2, 0.25) is 0 Å². The number of nitrogens with one attached hydrogen (secondary N) is 1. The van der Waals surface area contributed by atoms with Crippen molar-refractivity contribution in [3.8, 4) is 5.75 Å². The van der Waals surface area contributed by atoms with E-state index in [1.807, 2.05) is 25.1 Å². The number of halogens is 1. The van der Waals surface area contributed by atoms with Crippen molar-refractivity contribution in [1.29, 1.82) is 0 Å². The first kappa shape index (κ1) is 18.8. The van der Waals surface area contributed by atoms with Gasteiger partial charge in [-0.05, 0) is 42.3 Å². The van der Waals surface area contributed by atoms with Gasteiger partial charge in [0.2, 0.25) is 0 Å². The van der Waals surface area contributed by atoms with Gasteiger partial charge in [-0.25, -0.2) is 4.39 Å². The molecule has 1 fully saturated rings. The molecule has 2 aromatic rings. The van der Waals surface area contributed by atoms with Crippen LogP contribution in [0.1, 0.15) is 24.1 Å². The second-order valence-electron chi connectivity index (χ2n) is 6.43. The van der Waals surface area contributed by atoms with Gasteiger partial charge in [0.15, 0.2) is 0 Å². The van der Waals surface area contributed by atoms with Crippen molar-refractivity contribution >= 4 is 0 Å². The van der Waals surface area contributed by atoms with Gasteiger partial charge >= 0.3 is 0 Å². The van der Waals surface area contributed by atoms with E-state index in [9.17, 15) is 4.39 Å². The van der Waals surface area contributed by atoms with Crippen molar-refractivity contribution in [3.63, 3.8) is 0 Å². The molecule has 1 saturated heterocycles. The Morgan fingerprint density at radius 3 is 2.73 bits per heavy atom. The van der Waals surface area contributed by atoms with E-state index >= 15 is 0 Å². The predicted octanol–water partition coefficient (Wildman–Crippen LogP) is 3.39. The molecule has 0 bridgehead atoms. The fraction of sp³-hybridized carbons (Fsp3) is 0.429. The lowest BCUT2D eigenvalue weighted by molar-refractivity contribution is 0.0160. The zero-order valence-electron chi connectivity index (χ0n) is 15.3. The van der Waals surface area contributed by atoms with Gasteiger partial charge in [0.25, 0.3) is 0 Å². The highest BCUT2D eigenvalue weighted by molar-refractivity contribution is 5.28. The van der Waals surface area contributed by atoms with E-state index in [-0.39, 0.29) is 11.9 Å². The first-order chi connectivity index (χ1) is 12.8. The smallest absolute Gasteiger partial charge is 0.123 e. The van der Waals surface area contributed by atoms with Crippen molar-refractivity contribution in [2.75, 3.05) is 39.5 Å². The van der Waals surface area contributed by atoms with Crippen LogP contribution in [-0.4, -0.2) is 44.4 Å². The minimum Gasteiger partial charge on any atom is -0.494 e. The molecule has 3 rings (SSSR count).